The minimum Gasteiger partial charge on any atom is -0.344 e. The van der Waals surface area contributed by atoms with Crippen molar-refractivity contribution >= 4 is 11.8 Å². The Morgan fingerprint density at radius 3 is 2.32 bits per heavy atom. The molecule has 3 fully saturated rings. The van der Waals surface area contributed by atoms with E-state index in [0.717, 1.165) is 57.9 Å². The predicted octanol–water partition coefficient (Wildman–Crippen LogP) is 1.33. The zero-order chi connectivity index (χ0) is 15.5. The van der Waals surface area contributed by atoms with E-state index in [9.17, 15) is 9.59 Å². The molecule has 2 amide bonds. The topological polar surface area (TPSA) is 43.9 Å². The lowest BCUT2D eigenvalue weighted by molar-refractivity contribution is -0.135. The Morgan fingerprint density at radius 1 is 1.05 bits per heavy atom. The van der Waals surface area contributed by atoms with Crippen LogP contribution in [-0.2, 0) is 9.59 Å². The summed E-state index contributed by atoms with van der Waals surface area (Å²) in [6, 6.07) is 0.0562. The Balaban J connectivity index is 1.41. The summed E-state index contributed by atoms with van der Waals surface area (Å²) in [4.78, 5) is 30.5. The van der Waals surface area contributed by atoms with Crippen LogP contribution in [0.15, 0.2) is 0 Å². The van der Waals surface area contributed by atoms with Crippen LogP contribution in [-0.4, -0.2) is 72.3 Å². The van der Waals surface area contributed by atoms with E-state index in [1.54, 1.807) is 0 Å². The second-order valence-electron chi connectivity index (χ2n) is 7.17. The summed E-state index contributed by atoms with van der Waals surface area (Å²) in [6.07, 6.45) is 8.06. The normalized spacial score (nSPS) is 27.9. The summed E-state index contributed by atoms with van der Waals surface area (Å²) < 4.78 is 0. The van der Waals surface area contributed by atoms with Crippen LogP contribution in [0.2, 0.25) is 0 Å². The van der Waals surface area contributed by atoms with Crippen LogP contribution < -0.4 is 0 Å². The van der Waals surface area contributed by atoms with Gasteiger partial charge in [-0.1, -0.05) is 25.7 Å². The number of carbonyl (C=O) groups excluding carboxylic acids is 2. The fourth-order valence-electron chi connectivity index (χ4n) is 4.21. The molecule has 0 bridgehead atoms. The average Bonchev–Trinajstić information content (AvgIpc) is 3.16. The van der Waals surface area contributed by atoms with Crippen LogP contribution in [0.5, 0.6) is 0 Å². The van der Waals surface area contributed by atoms with Gasteiger partial charge in [0, 0.05) is 46.2 Å². The van der Waals surface area contributed by atoms with E-state index < -0.39 is 0 Å². The van der Waals surface area contributed by atoms with Crippen LogP contribution in [0, 0.1) is 5.92 Å². The molecule has 5 nitrogen and oxygen atoms in total. The molecule has 3 rings (SSSR count). The third kappa shape index (κ3) is 3.45. The molecule has 1 saturated carbocycles. The van der Waals surface area contributed by atoms with Crippen molar-refractivity contribution in [3.8, 4) is 0 Å². The first-order valence-corrected chi connectivity index (χ1v) is 8.92. The van der Waals surface area contributed by atoms with E-state index in [2.05, 4.69) is 4.90 Å². The molecule has 0 N–H and O–H groups in total. The second-order valence-corrected chi connectivity index (χ2v) is 7.17. The van der Waals surface area contributed by atoms with E-state index in [0.29, 0.717) is 5.91 Å². The maximum absolute atomic E-state index is 12.3. The highest BCUT2D eigenvalue weighted by Crippen LogP contribution is 2.28. The van der Waals surface area contributed by atoms with Gasteiger partial charge in [0.1, 0.15) is 0 Å². The zero-order valence-electron chi connectivity index (χ0n) is 13.8. The molecular weight excluding hydrogens is 278 g/mol. The Labute approximate surface area is 133 Å². The van der Waals surface area contributed by atoms with Crippen molar-refractivity contribution in [3.05, 3.63) is 0 Å². The molecule has 22 heavy (non-hydrogen) atoms. The van der Waals surface area contributed by atoms with E-state index in [1.165, 1.54) is 25.7 Å². The van der Waals surface area contributed by atoms with E-state index in [1.807, 2.05) is 16.8 Å². The number of likely N-dealkylation sites (tertiary alicyclic amines) is 1. The Kier molecular flexibility index (Phi) is 5.01. The number of amides is 2. The van der Waals surface area contributed by atoms with Crippen LogP contribution in [0.25, 0.3) is 0 Å². The molecule has 1 aliphatic carbocycles. The standard InChI is InChI=1S/C17H29N3O2/c1-18-9-8-15(17(18)22)19-10-12-20(13-11-19)16(21)7-6-14-4-2-3-5-14/h14-15H,2-13H2,1H3. The molecule has 1 atom stereocenters. The van der Waals surface area contributed by atoms with Crippen molar-refractivity contribution in [1.29, 1.82) is 0 Å². The number of likely N-dealkylation sites (N-methyl/N-ethyl adjacent to an activating group) is 1. The van der Waals surface area contributed by atoms with Crippen molar-refractivity contribution in [1.82, 2.24) is 14.7 Å². The summed E-state index contributed by atoms with van der Waals surface area (Å²) in [6.45, 7) is 4.14. The molecule has 2 saturated heterocycles. The van der Waals surface area contributed by atoms with Gasteiger partial charge in [0.25, 0.3) is 0 Å². The van der Waals surface area contributed by atoms with Crippen molar-refractivity contribution < 1.29 is 9.59 Å². The molecule has 0 spiro atoms. The Morgan fingerprint density at radius 2 is 1.73 bits per heavy atom. The van der Waals surface area contributed by atoms with Gasteiger partial charge in [0.05, 0.1) is 6.04 Å². The highest BCUT2D eigenvalue weighted by Gasteiger charge is 2.35. The third-order valence-corrected chi connectivity index (χ3v) is 5.75. The maximum atomic E-state index is 12.3. The average molecular weight is 307 g/mol. The molecular formula is C17H29N3O2. The van der Waals surface area contributed by atoms with Crippen LogP contribution in [0.1, 0.15) is 44.9 Å². The van der Waals surface area contributed by atoms with Gasteiger partial charge in [-0.25, -0.2) is 0 Å². The predicted molar refractivity (Wildman–Crippen MR) is 85.4 cm³/mol. The molecule has 2 aliphatic heterocycles. The number of hydrogen-bond donors (Lipinski definition) is 0. The Bertz CT molecular complexity index is 412. The third-order valence-electron chi connectivity index (χ3n) is 5.75. The SMILES string of the molecule is CN1CCC(N2CCN(C(=O)CCC3CCCC3)CC2)C1=O. The molecule has 0 aromatic heterocycles. The van der Waals surface area contributed by atoms with Crippen molar-refractivity contribution in [3.63, 3.8) is 0 Å². The highest BCUT2D eigenvalue weighted by atomic mass is 16.2. The number of nitrogens with zero attached hydrogens (tertiary/aromatic N) is 3. The first kappa shape index (κ1) is 15.8. The lowest BCUT2D eigenvalue weighted by Gasteiger charge is -2.37. The molecule has 3 aliphatic rings. The summed E-state index contributed by atoms with van der Waals surface area (Å²) in [5, 5.41) is 0. The summed E-state index contributed by atoms with van der Waals surface area (Å²) in [5.74, 6) is 1.36. The summed E-state index contributed by atoms with van der Waals surface area (Å²) >= 11 is 0. The van der Waals surface area contributed by atoms with Crippen LogP contribution in [0.3, 0.4) is 0 Å². The molecule has 2 heterocycles. The first-order valence-electron chi connectivity index (χ1n) is 8.92. The van der Waals surface area contributed by atoms with Gasteiger partial charge in [-0.3, -0.25) is 14.5 Å². The van der Waals surface area contributed by atoms with E-state index in [4.69, 9.17) is 0 Å². The number of rotatable bonds is 4. The van der Waals surface area contributed by atoms with Gasteiger partial charge in [0.15, 0.2) is 0 Å². The fraction of sp³-hybridized carbons (Fsp3) is 0.882. The van der Waals surface area contributed by atoms with Gasteiger partial charge in [-0.15, -0.1) is 0 Å². The van der Waals surface area contributed by atoms with Crippen molar-refractivity contribution in [2.45, 2.75) is 51.0 Å². The van der Waals surface area contributed by atoms with Gasteiger partial charge < -0.3 is 9.80 Å². The first-order chi connectivity index (χ1) is 10.6. The summed E-state index contributed by atoms with van der Waals surface area (Å²) in [5.41, 5.74) is 0. The summed E-state index contributed by atoms with van der Waals surface area (Å²) in [7, 11) is 1.88. The van der Waals surface area contributed by atoms with Crippen molar-refractivity contribution in [2.75, 3.05) is 39.8 Å². The molecule has 0 aromatic carbocycles. The molecule has 0 aromatic rings. The highest BCUT2D eigenvalue weighted by molar-refractivity contribution is 5.83. The number of piperazine rings is 1. The van der Waals surface area contributed by atoms with Crippen LogP contribution in [0.4, 0.5) is 0 Å². The maximum Gasteiger partial charge on any atom is 0.239 e. The fourth-order valence-corrected chi connectivity index (χ4v) is 4.21. The monoisotopic (exact) mass is 307 g/mol. The molecule has 0 radical (unpaired) electrons. The van der Waals surface area contributed by atoms with Crippen molar-refractivity contribution in [2.24, 2.45) is 5.92 Å². The number of carbonyl (C=O) groups is 2. The second kappa shape index (κ2) is 6.99. The van der Waals surface area contributed by atoms with Crippen LogP contribution >= 0.6 is 0 Å². The van der Waals surface area contributed by atoms with Gasteiger partial charge in [0.2, 0.25) is 11.8 Å². The quantitative estimate of drug-likeness (QED) is 0.787. The van der Waals surface area contributed by atoms with E-state index >= 15 is 0 Å². The smallest absolute Gasteiger partial charge is 0.239 e. The van der Waals surface area contributed by atoms with Gasteiger partial charge in [-0.05, 0) is 18.8 Å². The molecule has 5 heteroatoms. The largest absolute Gasteiger partial charge is 0.344 e. The lowest BCUT2D eigenvalue weighted by Crippen LogP contribution is -2.53. The lowest BCUT2D eigenvalue weighted by atomic mass is 10.0. The minimum atomic E-state index is 0.0562. The zero-order valence-corrected chi connectivity index (χ0v) is 13.8. The number of hydrogen-bond acceptors (Lipinski definition) is 3. The Hall–Kier alpha value is -1.10. The van der Waals surface area contributed by atoms with Gasteiger partial charge in [-0.2, -0.15) is 0 Å². The van der Waals surface area contributed by atoms with Gasteiger partial charge >= 0.3 is 0 Å². The minimum absolute atomic E-state index is 0.0562. The molecule has 124 valence electrons. The van der Waals surface area contributed by atoms with E-state index in [-0.39, 0.29) is 11.9 Å². The molecule has 1 unspecified atom stereocenters.